The molecular weight excluding hydrogens is 399 g/mol. The molecule has 0 aromatic heterocycles. The van der Waals surface area contributed by atoms with Crippen LogP contribution in [0.3, 0.4) is 0 Å². The van der Waals surface area contributed by atoms with Crippen LogP contribution in [0.1, 0.15) is 6.42 Å². The van der Waals surface area contributed by atoms with Gasteiger partial charge in [-0.25, -0.2) is 0 Å². The molecule has 0 spiro atoms. The van der Waals surface area contributed by atoms with E-state index < -0.39 is 7.26 Å². The molecule has 2 N–H and O–H groups in total. The second-order valence-corrected chi connectivity index (χ2v) is 10.4. The van der Waals surface area contributed by atoms with Crippen LogP contribution in [0, 0.1) is 0 Å². The first kappa shape index (κ1) is 23.1. The van der Waals surface area contributed by atoms with E-state index in [1.165, 1.54) is 15.9 Å². The Morgan fingerprint density at radius 3 is 1.55 bits per heavy atom. The van der Waals surface area contributed by atoms with Crippen molar-refractivity contribution in [2.24, 2.45) is 0 Å². The fourth-order valence-electron chi connectivity index (χ4n) is 3.65. The molecule has 0 aliphatic rings. The second kappa shape index (κ2) is 11.7. The van der Waals surface area contributed by atoms with Gasteiger partial charge in [-0.2, -0.15) is 0 Å². The lowest BCUT2D eigenvalue weighted by molar-refractivity contribution is -0.120. The Morgan fingerprint density at radius 1 is 0.759 bits per heavy atom. The Bertz CT molecular complexity index is 763. The Labute approximate surface area is 180 Å². The molecule has 3 aromatic carbocycles. The SMILES string of the molecule is CNCC(=O)NCCC[P+](c1ccccc1)(c1ccccc1)c1ccccc1.[Cl-]. The van der Waals surface area contributed by atoms with Gasteiger partial charge in [0.25, 0.3) is 0 Å². The molecule has 1 amide bonds. The molecule has 3 aromatic rings. The molecule has 0 bridgehead atoms. The van der Waals surface area contributed by atoms with E-state index in [0.717, 1.165) is 12.6 Å². The Balaban J connectivity index is 0.00000300. The van der Waals surface area contributed by atoms with E-state index in [2.05, 4.69) is 102 Å². The molecule has 0 aliphatic carbocycles. The summed E-state index contributed by atoms with van der Waals surface area (Å²) >= 11 is 0. The van der Waals surface area contributed by atoms with Gasteiger partial charge >= 0.3 is 0 Å². The highest BCUT2D eigenvalue weighted by molar-refractivity contribution is 7.95. The van der Waals surface area contributed by atoms with Gasteiger partial charge in [0, 0.05) is 6.54 Å². The fraction of sp³-hybridized carbons (Fsp3) is 0.208. The monoisotopic (exact) mass is 426 g/mol. The van der Waals surface area contributed by atoms with E-state index in [1.54, 1.807) is 7.05 Å². The van der Waals surface area contributed by atoms with Crippen molar-refractivity contribution >= 4 is 29.1 Å². The summed E-state index contributed by atoms with van der Waals surface area (Å²) in [4.78, 5) is 11.8. The minimum Gasteiger partial charge on any atom is -1.00 e. The van der Waals surface area contributed by atoms with Gasteiger partial charge in [-0.3, -0.25) is 4.79 Å². The maximum atomic E-state index is 11.8. The largest absolute Gasteiger partial charge is 1.00 e. The molecule has 3 rings (SSSR count). The third kappa shape index (κ3) is 5.67. The van der Waals surface area contributed by atoms with Gasteiger partial charge in [0.1, 0.15) is 23.2 Å². The number of rotatable bonds is 9. The van der Waals surface area contributed by atoms with Gasteiger partial charge in [0.2, 0.25) is 5.91 Å². The third-order valence-corrected chi connectivity index (χ3v) is 9.45. The van der Waals surface area contributed by atoms with Crippen LogP contribution in [0.25, 0.3) is 0 Å². The molecule has 0 aliphatic heterocycles. The number of halogens is 1. The van der Waals surface area contributed by atoms with Gasteiger partial charge in [-0.15, -0.1) is 0 Å². The van der Waals surface area contributed by atoms with Crippen molar-refractivity contribution in [1.82, 2.24) is 10.6 Å². The number of hydrogen-bond donors (Lipinski definition) is 2. The normalized spacial score (nSPS) is 10.8. The summed E-state index contributed by atoms with van der Waals surface area (Å²) in [6.07, 6.45) is 1.95. The first-order valence-electron chi connectivity index (χ1n) is 9.73. The first-order chi connectivity index (χ1) is 13.8. The molecule has 0 atom stereocenters. The average Bonchev–Trinajstić information content (AvgIpc) is 2.76. The van der Waals surface area contributed by atoms with Crippen molar-refractivity contribution in [3.05, 3.63) is 91.0 Å². The Kier molecular flexibility index (Phi) is 9.34. The average molecular weight is 427 g/mol. The number of nitrogens with one attached hydrogen (secondary N) is 2. The van der Waals surface area contributed by atoms with E-state index in [-0.39, 0.29) is 18.3 Å². The van der Waals surface area contributed by atoms with E-state index in [0.29, 0.717) is 13.1 Å². The van der Waals surface area contributed by atoms with Crippen molar-refractivity contribution in [2.45, 2.75) is 6.42 Å². The molecule has 0 saturated carbocycles. The maximum absolute atomic E-state index is 11.8. The quantitative estimate of drug-likeness (QED) is 0.365. The van der Waals surface area contributed by atoms with E-state index in [1.807, 2.05) is 0 Å². The van der Waals surface area contributed by atoms with E-state index >= 15 is 0 Å². The topological polar surface area (TPSA) is 41.1 Å². The lowest BCUT2D eigenvalue weighted by Crippen LogP contribution is -3.00. The second-order valence-electron chi connectivity index (χ2n) is 6.77. The highest BCUT2D eigenvalue weighted by Crippen LogP contribution is 2.55. The van der Waals surface area contributed by atoms with Crippen LogP contribution in [0.4, 0.5) is 0 Å². The molecule has 5 heteroatoms. The molecular formula is C24H28ClN2OP. The van der Waals surface area contributed by atoms with Gasteiger partial charge < -0.3 is 23.0 Å². The summed E-state index contributed by atoms with van der Waals surface area (Å²) in [7, 11) is -0.00747. The number of likely N-dealkylation sites (N-methyl/N-ethyl adjacent to an activating group) is 1. The smallest absolute Gasteiger partial charge is 0.233 e. The van der Waals surface area contributed by atoms with Gasteiger partial charge in [-0.1, -0.05) is 54.6 Å². The van der Waals surface area contributed by atoms with Crippen molar-refractivity contribution < 1.29 is 17.2 Å². The summed E-state index contributed by atoms with van der Waals surface area (Å²) in [5.74, 6) is 0.0468. The molecule has 3 nitrogen and oxygen atoms in total. The lowest BCUT2D eigenvalue weighted by atomic mass is 10.3. The van der Waals surface area contributed by atoms with Crippen molar-refractivity contribution in [3.63, 3.8) is 0 Å². The Hall–Kier alpha value is -2.19. The number of benzene rings is 3. The molecule has 0 radical (unpaired) electrons. The summed E-state index contributed by atoms with van der Waals surface area (Å²) in [5.41, 5.74) is 0. The summed E-state index contributed by atoms with van der Waals surface area (Å²) in [6.45, 7) is 1.05. The molecule has 0 saturated heterocycles. The molecule has 0 fully saturated rings. The number of carbonyl (C=O) groups excluding carboxylic acids is 1. The lowest BCUT2D eigenvalue weighted by Gasteiger charge is -2.27. The predicted octanol–water partition coefficient (Wildman–Crippen LogP) is -0.290. The number of hydrogen-bond acceptors (Lipinski definition) is 2. The standard InChI is InChI=1S/C24H27N2OP.ClH/c1-25-20-24(27)26-18-11-19-28(21-12-5-2-6-13-21,22-14-7-3-8-15-22)23-16-9-4-10-17-23;/h2-10,12-17,25H,11,18-20H2,1H3;1H. The van der Waals surface area contributed by atoms with Gasteiger partial charge in [0.15, 0.2) is 0 Å². The molecule has 152 valence electrons. The molecule has 0 heterocycles. The van der Waals surface area contributed by atoms with Crippen LogP contribution in [-0.2, 0) is 4.79 Å². The zero-order valence-electron chi connectivity index (χ0n) is 16.7. The molecule has 29 heavy (non-hydrogen) atoms. The number of carbonyl (C=O) groups is 1. The fourth-order valence-corrected chi connectivity index (χ4v) is 7.99. The summed E-state index contributed by atoms with van der Waals surface area (Å²) < 4.78 is 0. The maximum Gasteiger partial charge on any atom is 0.233 e. The zero-order chi connectivity index (χ0) is 19.7. The first-order valence-corrected chi connectivity index (χ1v) is 11.7. The van der Waals surface area contributed by atoms with Crippen LogP contribution in [0.15, 0.2) is 91.0 Å². The van der Waals surface area contributed by atoms with Crippen LogP contribution in [-0.4, -0.2) is 32.2 Å². The van der Waals surface area contributed by atoms with Crippen LogP contribution in [0.2, 0.25) is 0 Å². The van der Waals surface area contributed by atoms with Gasteiger partial charge in [0.05, 0.1) is 12.7 Å². The summed E-state index contributed by atoms with van der Waals surface area (Å²) in [6, 6.07) is 32.5. The Morgan fingerprint density at radius 2 is 1.17 bits per heavy atom. The highest BCUT2D eigenvalue weighted by atomic mass is 35.5. The minimum absolute atomic E-state index is 0. The van der Waals surface area contributed by atoms with Crippen LogP contribution < -0.4 is 39.0 Å². The van der Waals surface area contributed by atoms with Crippen molar-refractivity contribution in [1.29, 1.82) is 0 Å². The van der Waals surface area contributed by atoms with Gasteiger partial charge in [-0.05, 0) is 49.9 Å². The molecule has 0 unspecified atom stereocenters. The third-order valence-electron chi connectivity index (χ3n) is 4.92. The number of amides is 1. The highest BCUT2D eigenvalue weighted by Gasteiger charge is 2.44. The van der Waals surface area contributed by atoms with Crippen LogP contribution in [0.5, 0.6) is 0 Å². The van der Waals surface area contributed by atoms with E-state index in [9.17, 15) is 4.79 Å². The minimum atomic E-state index is -1.80. The van der Waals surface area contributed by atoms with E-state index in [4.69, 9.17) is 0 Å². The van der Waals surface area contributed by atoms with Crippen molar-refractivity contribution in [3.8, 4) is 0 Å². The summed E-state index contributed by atoms with van der Waals surface area (Å²) in [5, 5.41) is 10.1. The predicted molar refractivity (Wildman–Crippen MR) is 122 cm³/mol. The zero-order valence-corrected chi connectivity index (χ0v) is 18.4. The van der Waals surface area contributed by atoms with Crippen LogP contribution >= 0.6 is 7.26 Å². The van der Waals surface area contributed by atoms with Crippen molar-refractivity contribution in [2.75, 3.05) is 26.3 Å².